The van der Waals surface area contributed by atoms with Crippen molar-refractivity contribution in [2.75, 3.05) is 0 Å². The Labute approximate surface area is 147 Å². The van der Waals surface area contributed by atoms with Gasteiger partial charge in [-0.2, -0.15) is 0 Å². The van der Waals surface area contributed by atoms with Crippen LogP contribution >= 0.6 is 27.5 Å². The third-order valence-electron chi connectivity index (χ3n) is 3.17. The second-order valence-electron chi connectivity index (χ2n) is 4.86. The second-order valence-corrected chi connectivity index (χ2v) is 6.13. The van der Waals surface area contributed by atoms with Gasteiger partial charge in [-0.05, 0) is 46.6 Å². The van der Waals surface area contributed by atoms with Gasteiger partial charge in [0.05, 0.1) is 10.0 Å². The molecule has 6 heteroatoms. The van der Waals surface area contributed by atoms with E-state index in [9.17, 15) is 9.18 Å². The van der Waals surface area contributed by atoms with Gasteiger partial charge in [-0.15, -0.1) is 0 Å². The Kier molecular flexibility index (Phi) is 6.02. The minimum absolute atomic E-state index is 0.0863. The molecule has 0 saturated heterocycles. The zero-order valence-corrected chi connectivity index (χ0v) is 15.0. The van der Waals surface area contributed by atoms with Gasteiger partial charge in [0.25, 0.3) is 0 Å². The lowest BCUT2D eigenvalue weighted by molar-refractivity contribution is -0.134. The molecule has 0 aliphatic rings. The number of rotatable bonds is 5. The summed E-state index contributed by atoms with van der Waals surface area (Å²) in [6, 6.07) is 7.78. The number of esters is 1. The van der Waals surface area contributed by atoms with E-state index in [4.69, 9.17) is 21.1 Å². The van der Waals surface area contributed by atoms with Crippen molar-refractivity contribution in [3.63, 3.8) is 0 Å². The smallest absolute Gasteiger partial charge is 0.310 e. The predicted octanol–water partition coefficient (Wildman–Crippen LogP) is 5.44. The van der Waals surface area contributed by atoms with E-state index in [-0.39, 0.29) is 24.3 Å². The average molecular weight is 402 g/mol. The third kappa shape index (κ3) is 4.45. The maximum atomic E-state index is 14.0. The van der Waals surface area contributed by atoms with Crippen molar-refractivity contribution in [1.29, 1.82) is 0 Å². The zero-order chi connectivity index (χ0) is 17.0. The summed E-state index contributed by atoms with van der Waals surface area (Å²) in [5, 5.41) is 0.550. The molecule has 0 radical (unpaired) electrons. The Morgan fingerprint density at radius 2 is 2.04 bits per heavy atom. The number of carbonyl (C=O) groups excluding carboxylic acids is 1. The molecule has 0 N–H and O–H groups in total. The molecule has 2 rings (SSSR count). The molecular formula is C17H15BrClFO3. The van der Waals surface area contributed by atoms with Gasteiger partial charge in [0.15, 0.2) is 0 Å². The molecule has 23 heavy (non-hydrogen) atoms. The van der Waals surface area contributed by atoms with E-state index in [1.807, 2.05) is 13.0 Å². The van der Waals surface area contributed by atoms with Gasteiger partial charge in [-0.3, -0.25) is 4.79 Å². The lowest BCUT2D eigenvalue weighted by Crippen LogP contribution is -2.10. The minimum atomic E-state index is -0.499. The van der Waals surface area contributed by atoms with E-state index in [1.165, 1.54) is 18.2 Å². The van der Waals surface area contributed by atoms with Gasteiger partial charge in [0.1, 0.15) is 23.9 Å². The van der Waals surface area contributed by atoms with Crippen molar-refractivity contribution in [3.8, 4) is 11.5 Å². The highest BCUT2D eigenvalue weighted by atomic mass is 79.9. The van der Waals surface area contributed by atoms with Crippen molar-refractivity contribution in [1.82, 2.24) is 0 Å². The number of halogens is 3. The van der Waals surface area contributed by atoms with Gasteiger partial charge in [-0.1, -0.05) is 24.6 Å². The van der Waals surface area contributed by atoms with E-state index in [0.717, 1.165) is 5.56 Å². The van der Waals surface area contributed by atoms with Crippen LogP contribution < -0.4 is 9.47 Å². The number of carbonyl (C=O) groups is 1. The van der Waals surface area contributed by atoms with Crippen LogP contribution in [-0.4, -0.2) is 5.97 Å². The Morgan fingerprint density at radius 1 is 1.30 bits per heavy atom. The second kappa shape index (κ2) is 7.79. The monoisotopic (exact) mass is 400 g/mol. The summed E-state index contributed by atoms with van der Waals surface area (Å²) >= 11 is 9.45. The van der Waals surface area contributed by atoms with Crippen LogP contribution in [0.1, 0.15) is 24.5 Å². The van der Waals surface area contributed by atoms with Crippen molar-refractivity contribution in [2.45, 2.75) is 26.9 Å². The fraction of sp³-hybridized carbons (Fsp3) is 0.235. The highest BCUT2D eigenvalue weighted by Crippen LogP contribution is 2.32. The summed E-state index contributed by atoms with van der Waals surface area (Å²) in [6.45, 7) is 3.45. The summed E-state index contributed by atoms with van der Waals surface area (Å²) in [5.74, 6) is -0.292. The topological polar surface area (TPSA) is 35.5 Å². The molecule has 3 nitrogen and oxygen atoms in total. The Morgan fingerprint density at radius 3 is 2.74 bits per heavy atom. The van der Waals surface area contributed by atoms with E-state index < -0.39 is 11.8 Å². The summed E-state index contributed by atoms with van der Waals surface area (Å²) in [4.78, 5) is 11.4. The fourth-order valence-electron chi connectivity index (χ4n) is 1.86. The summed E-state index contributed by atoms with van der Waals surface area (Å²) in [6.07, 6.45) is 0.204. The van der Waals surface area contributed by atoms with E-state index in [0.29, 0.717) is 15.2 Å². The molecule has 0 bridgehead atoms. The molecule has 2 aromatic carbocycles. The standard InChI is InChI=1S/C17H15BrClFO3/c1-3-17(21)23-15-6-4-5-14(20)11(15)9-22-16-8-13(19)10(2)7-12(16)18/h4-8H,3,9H2,1-2H3. The van der Waals surface area contributed by atoms with Gasteiger partial charge in [0, 0.05) is 17.5 Å². The first-order valence-corrected chi connectivity index (χ1v) is 8.16. The number of benzene rings is 2. The van der Waals surface area contributed by atoms with Crippen LogP contribution in [0.3, 0.4) is 0 Å². The number of ether oxygens (including phenoxy) is 2. The fourth-order valence-corrected chi connectivity index (χ4v) is 2.58. The lowest BCUT2D eigenvalue weighted by atomic mass is 10.2. The summed E-state index contributed by atoms with van der Waals surface area (Å²) in [5.41, 5.74) is 1.08. The molecule has 0 amide bonds. The van der Waals surface area contributed by atoms with Crippen LogP contribution in [0.5, 0.6) is 11.5 Å². The van der Waals surface area contributed by atoms with Crippen molar-refractivity contribution in [2.24, 2.45) is 0 Å². The Hall–Kier alpha value is -1.59. The molecule has 0 saturated carbocycles. The van der Waals surface area contributed by atoms with E-state index >= 15 is 0 Å². The molecule has 0 aliphatic heterocycles. The SMILES string of the molecule is CCC(=O)Oc1cccc(F)c1COc1cc(Cl)c(C)cc1Br. The lowest BCUT2D eigenvalue weighted by Gasteiger charge is -2.13. The Balaban J connectivity index is 2.23. The van der Waals surface area contributed by atoms with Gasteiger partial charge in [-0.25, -0.2) is 4.39 Å². The minimum Gasteiger partial charge on any atom is -0.487 e. The molecule has 0 heterocycles. The van der Waals surface area contributed by atoms with Crippen LogP contribution in [0.15, 0.2) is 34.8 Å². The Bertz CT molecular complexity index is 734. The van der Waals surface area contributed by atoms with Crippen molar-refractivity contribution < 1.29 is 18.7 Å². The van der Waals surface area contributed by atoms with Crippen LogP contribution in [-0.2, 0) is 11.4 Å². The highest BCUT2D eigenvalue weighted by molar-refractivity contribution is 9.10. The first kappa shape index (κ1) is 17.8. The molecule has 0 spiro atoms. The highest BCUT2D eigenvalue weighted by Gasteiger charge is 2.14. The van der Waals surface area contributed by atoms with E-state index in [1.54, 1.807) is 13.0 Å². The van der Waals surface area contributed by atoms with Gasteiger partial charge >= 0.3 is 5.97 Å². The third-order valence-corrected chi connectivity index (χ3v) is 4.20. The molecule has 2 aromatic rings. The number of hydrogen-bond donors (Lipinski definition) is 0. The predicted molar refractivity (Wildman–Crippen MR) is 90.5 cm³/mol. The van der Waals surface area contributed by atoms with Crippen LogP contribution in [0.2, 0.25) is 5.02 Å². The molecule has 0 aliphatic carbocycles. The van der Waals surface area contributed by atoms with Crippen LogP contribution in [0.25, 0.3) is 0 Å². The largest absolute Gasteiger partial charge is 0.487 e. The van der Waals surface area contributed by atoms with Crippen LogP contribution in [0.4, 0.5) is 4.39 Å². The maximum absolute atomic E-state index is 14.0. The number of hydrogen-bond acceptors (Lipinski definition) is 3. The van der Waals surface area contributed by atoms with E-state index in [2.05, 4.69) is 15.9 Å². The first-order valence-electron chi connectivity index (χ1n) is 6.99. The first-order chi connectivity index (χ1) is 10.9. The van der Waals surface area contributed by atoms with Crippen molar-refractivity contribution >= 4 is 33.5 Å². The summed E-state index contributed by atoms with van der Waals surface area (Å²) in [7, 11) is 0. The van der Waals surface area contributed by atoms with Crippen LogP contribution in [0, 0.1) is 12.7 Å². The molecule has 0 atom stereocenters. The molecular weight excluding hydrogens is 387 g/mol. The molecule has 0 aromatic heterocycles. The quantitative estimate of drug-likeness (QED) is 0.494. The summed E-state index contributed by atoms with van der Waals surface area (Å²) < 4.78 is 25.5. The molecule has 122 valence electrons. The maximum Gasteiger partial charge on any atom is 0.310 e. The van der Waals surface area contributed by atoms with Gasteiger partial charge in [0.2, 0.25) is 0 Å². The average Bonchev–Trinajstić information content (AvgIpc) is 2.51. The number of aryl methyl sites for hydroxylation is 1. The normalized spacial score (nSPS) is 10.5. The zero-order valence-electron chi connectivity index (χ0n) is 12.7. The molecule has 0 fully saturated rings. The van der Waals surface area contributed by atoms with Crippen molar-refractivity contribution in [3.05, 3.63) is 56.8 Å². The van der Waals surface area contributed by atoms with Gasteiger partial charge < -0.3 is 9.47 Å². The molecule has 0 unspecified atom stereocenters.